The van der Waals surface area contributed by atoms with E-state index in [4.69, 9.17) is 18.9 Å². The predicted molar refractivity (Wildman–Crippen MR) is 114 cm³/mol. The van der Waals surface area contributed by atoms with Crippen LogP contribution in [0.15, 0.2) is 36.4 Å². The van der Waals surface area contributed by atoms with Crippen molar-refractivity contribution in [2.24, 2.45) is 0 Å². The molecule has 0 saturated heterocycles. The molecule has 0 aliphatic rings. The van der Waals surface area contributed by atoms with E-state index >= 15 is 0 Å². The lowest BCUT2D eigenvalue weighted by Crippen LogP contribution is -2.18. The molecule has 0 aromatic heterocycles. The van der Waals surface area contributed by atoms with E-state index in [9.17, 15) is 9.59 Å². The first-order valence-corrected chi connectivity index (χ1v) is 9.77. The molecule has 0 heterocycles. The fourth-order valence-electron chi connectivity index (χ4n) is 2.44. The molecule has 8 nitrogen and oxygen atoms in total. The van der Waals surface area contributed by atoms with Crippen molar-refractivity contribution in [3.8, 4) is 23.0 Å². The van der Waals surface area contributed by atoms with Gasteiger partial charge in [-0.05, 0) is 24.3 Å². The number of amides is 2. The minimum atomic E-state index is -0.239. The van der Waals surface area contributed by atoms with Crippen molar-refractivity contribution >= 4 is 35.0 Å². The van der Waals surface area contributed by atoms with Crippen LogP contribution in [0.3, 0.4) is 0 Å². The molecule has 0 radical (unpaired) electrons. The molecule has 0 saturated carbocycles. The van der Waals surface area contributed by atoms with Gasteiger partial charge in [0.25, 0.3) is 0 Å². The Morgan fingerprint density at radius 3 is 2.03 bits per heavy atom. The maximum absolute atomic E-state index is 12.1. The second kappa shape index (κ2) is 11.1. The zero-order valence-corrected chi connectivity index (χ0v) is 17.6. The van der Waals surface area contributed by atoms with E-state index in [1.54, 1.807) is 50.6 Å². The van der Waals surface area contributed by atoms with E-state index in [2.05, 4.69) is 10.6 Å². The summed E-state index contributed by atoms with van der Waals surface area (Å²) < 4.78 is 20.7. The van der Waals surface area contributed by atoms with Gasteiger partial charge in [-0.15, -0.1) is 11.8 Å². The minimum absolute atomic E-state index is 0.120. The highest BCUT2D eigenvalue weighted by molar-refractivity contribution is 8.00. The Hall–Kier alpha value is -3.07. The molecular formula is C20H24N2O6S. The third kappa shape index (κ3) is 6.49. The van der Waals surface area contributed by atoms with Crippen molar-refractivity contribution in [2.75, 3.05) is 50.6 Å². The lowest BCUT2D eigenvalue weighted by atomic mass is 10.2. The summed E-state index contributed by atoms with van der Waals surface area (Å²) in [6.07, 6.45) is 0. The third-order valence-electron chi connectivity index (χ3n) is 3.82. The fourth-order valence-corrected chi connectivity index (χ4v) is 3.05. The predicted octanol–water partition coefficient (Wildman–Crippen LogP) is 3.03. The van der Waals surface area contributed by atoms with Crippen molar-refractivity contribution in [1.29, 1.82) is 0 Å². The summed E-state index contributed by atoms with van der Waals surface area (Å²) in [6, 6.07) is 10.2. The van der Waals surface area contributed by atoms with E-state index in [0.29, 0.717) is 34.4 Å². The van der Waals surface area contributed by atoms with Crippen molar-refractivity contribution in [3.63, 3.8) is 0 Å². The Morgan fingerprint density at radius 1 is 0.759 bits per heavy atom. The molecule has 0 spiro atoms. The second-order valence-electron chi connectivity index (χ2n) is 5.73. The number of hydrogen-bond donors (Lipinski definition) is 2. The first-order chi connectivity index (χ1) is 14.0. The van der Waals surface area contributed by atoms with Gasteiger partial charge in [0.05, 0.1) is 45.6 Å². The number of methoxy groups -OCH3 is 4. The molecule has 0 atom stereocenters. The summed E-state index contributed by atoms with van der Waals surface area (Å²) in [5.41, 5.74) is 1.12. The van der Waals surface area contributed by atoms with Gasteiger partial charge in [-0.1, -0.05) is 0 Å². The van der Waals surface area contributed by atoms with Crippen LogP contribution in [0.25, 0.3) is 0 Å². The highest BCUT2D eigenvalue weighted by Crippen LogP contribution is 2.30. The molecule has 29 heavy (non-hydrogen) atoms. The number of ether oxygens (including phenoxy) is 4. The Morgan fingerprint density at radius 2 is 1.41 bits per heavy atom. The molecule has 0 aliphatic heterocycles. The Kier molecular flexibility index (Phi) is 8.47. The normalized spacial score (nSPS) is 10.1. The van der Waals surface area contributed by atoms with Crippen LogP contribution < -0.4 is 29.6 Å². The van der Waals surface area contributed by atoms with Crippen LogP contribution in [0.2, 0.25) is 0 Å². The third-order valence-corrected chi connectivity index (χ3v) is 4.75. The van der Waals surface area contributed by atoms with Crippen LogP contribution in [0, 0.1) is 0 Å². The van der Waals surface area contributed by atoms with Crippen LogP contribution in [0.5, 0.6) is 23.0 Å². The van der Waals surface area contributed by atoms with Crippen molar-refractivity contribution in [3.05, 3.63) is 36.4 Å². The number of nitrogens with one attached hydrogen (secondary N) is 2. The van der Waals surface area contributed by atoms with Crippen LogP contribution in [-0.2, 0) is 9.59 Å². The highest BCUT2D eigenvalue weighted by Gasteiger charge is 2.11. The summed E-state index contributed by atoms with van der Waals surface area (Å²) in [7, 11) is 6.13. The summed E-state index contributed by atoms with van der Waals surface area (Å²) >= 11 is 1.20. The molecular weight excluding hydrogens is 396 g/mol. The summed E-state index contributed by atoms with van der Waals surface area (Å²) in [5, 5.41) is 5.52. The maximum Gasteiger partial charge on any atom is 0.234 e. The number of benzene rings is 2. The quantitative estimate of drug-likeness (QED) is 0.610. The summed E-state index contributed by atoms with van der Waals surface area (Å²) in [6.45, 7) is 0. The molecule has 2 aromatic carbocycles. The average molecular weight is 420 g/mol. The number of rotatable bonds is 10. The SMILES string of the molecule is COc1ccc(NC(=O)CSCC(=O)Nc2ccc(OC)c(OC)c2)c(OC)c1. The molecule has 2 aromatic rings. The van der Waals surface area contributed by atoms with Gasteiger partial charge in [0.2, 0.25) is 11.8 Å². The molecule has 2 rings (SSSR count). The van der Waals surface area contributed by atoms with Gasteiger partial charge >= 0.3 is 0 Å². The number of thioether (sulfide) groups is 1. The molecule has 2 amide bonds. The molecule has 2 N–H and O–H groups in total. The van der Waals surface area contributed by atoms with Gasteiger partial charge in [0.1, 0.15) is 11.5 Å². The van der Waals surface area contributed by atoms with E-state index in [1.807, 2.05) is 0 Å². The van der Waals surface area contributed by atoms with E-state index in [1.165, 1.54) is 26.0 Å². The standard InChI is InChI=1S/C20H24N2O6S/c1-25-14-6-7-15(17(10-14)27-3)22-20(24)12-29-11-19(23)21-13-5-8-16(26-2)18(9-13)28-4/h5-10H,11-12H2,1-4H3,(H,21,23)(H,22,24). The number of anilines is 2. The molecule has 156 valence electrons. The molecule has 0 fully saturated rings. The first-order valence-electron chi connectivity index (χ1n) is 8.62. The van der Waals surface area contributed by atoms with Gasteiger partial charge in [-0.25, -0.2) is 0 Å². The van der Waals surface area contributed by atoms with Gasteiger partial charge in [0.15, 0.2) is 11.5 Å². The van der Waals surface area contributed by atoms with E-state index < -0.39 is 0 Å². The van der Waals surface area contributed by atoms with Crippen LogP contribution in [0.4, 0.5) is 11.4 Å². The summed E-state index contributed by atoms with van der Waals surface area (Å²) in [4.78, 5) is 24.3. The monoisotopic (exact) mass is 420 g/mol. The maximum atomic E-state index is 12.1. The van der Waals surface area contributed by atoms with Crippen LogP contribution >= 0.6 is 11.8 Å². The molecule has 0 bridgehead atoms. The number of carbonyl (C=O) groups is 2. The molecule has 0 aliphatic carbocycles. The van der Waals surface area contributed by atoms with Crippen molar-refractivity contribution < 1.29 is 28.5 Å². The lowest BCUT2D eigenvalue weighted by molar-refractivity contribution is -0.114. The van der Waals surface area contributed by atoms with Crippen molar-refractivity contribution in [2.45, 2.75) is 0 Å². The Bertz CT molecular complexity index is 859. The minimum Gasteiger partial charge on any atom is -0.497 e. The van der Waals surface area contributed by atoms with Crippen LogP contribution in [-0.4, -0.2) is 51.8 Å². The topological polar surface area (TPSA) is 95.1 Å². The first kappa shape index (κ1) is 22.2. The number of carbonyl (C=O) groups excluding carboxylic acids is 2. The highest BCUT2D eigenvalue weighted by atomic mass is 32.2. The molecule has 0 unspecified atom stereocenters. The van der Waals surface area contributed by atoms with E-state index in [-0.39, 0.29) is 23.3 Å². The number of hydrogen-bond acceptors (Lipinski definition) is 7. The Labute approximate surface area is 173 Å². The van der Waals surface area contributed by atoms with Crippen LogP contribution in [0.1, 0.15) is 0 Å². The van der Waals surface area contributed by atoms with Gasteiger partial charge < -0.3 is 29.6 Å². The van der Waals surface area contributed by atoms with Gasteiger partial charge in [0, 0.05) is 17.8 Å². The van der Waals surface area contributed by atoms with Crippen molar-refractivity contribution in [1.82, 2.24) is 0 Å². The largest absolute Gasteiger partial charge is 0.497 e. The zero-order chi connectivity index (χ0) is 21.2. The van der Waals surface area contributed by atoms with Gasteiger partial charge in [-0.3, -0.25) is 9.59 Å². The average Bonchev–Trinajstić information content (AvgIpc) is 2.73. The lowest BCUT2D eigenvalue weighted by Gasteiger charge is -2.12. The van der Waals surface area contributed by atoms with E-state index in [0.717, 1.165) is 0 Å². The zero-order valence-electron chi connectivity index (χ0n) is 16.7. The second-order valence-corrected chi connectivity index (χ2v) is 6.71. The summed E-state index contributed by atoms with van der Waals surface area (Å²) in [5.74, 6) is 2.00. The van der Waals surface area contributed by atoms with Gasteiger partial charge in [-0.2, -0.15) is 0 Å². The molecule has 9 heteroatoms. The smallest absolute Gasteiger partial charge is 0.234 e. The Balaban J connectivity index is 1.82. The fraction of sp³-hybridized carbons (Fsp3) is 0.300.